The minimum absolute atomic E-state index is 0.0968. The second-order valence-electron chi connectivity index (χ2n) is 13.2. The molecule has 0 spiro atoms. The van der Waals surface area contributed by atoms with Gasteiger partial charge >= 0.3 is 11.9 Å². The molecule has 3 aliphatic rings. The number of oxime groups is 1. The second kappa shape index (κ2) is 15.4. The maximum atomic E-state index is 13.7. The number of carboxylic acid groups (broad SMARTS) is 3. The van der Waals surface area contributed by atoms with Crippen molar-refractivity contribution in [3.63, 3.8) is 0 Å². The van der Waals surface area contributed by atoms with Gasteiger partial charge in [0.2, 0.25) is 6.10 Å². The highest BCUT2D eigenvalue weighted by atomic mass is 35.5. The number of hydrogen-bond acceptors (Lipinski definition) is 15. The molecule has 2 amide bonds. The van der Waals surface area contributed by atoms with Crippen molar-refractivity contribution in [1.29, 1.82) is 0 Å². The van der Waals surface area contributed by atoms with Crippen molar-refractivity contribution in [3.8, 4) is 11.5 Å². The number of amides is 2. The summed E-state index contributed by atoms with van der Waals surface area (Å²) < 4.78 is 1.96. The Hall–Kier alpha value is -5.38. The van der Waals surface area contributed by atoms with Crippen LogP contribution in [0.2, 0.25) is 4.34 Å². The van der Waals surface area contributed by atoms with Crippen LogP contribution in [0.15, 0.2) is 39.5 Å². The standard InChI is InChI=1S/C33H34ClN7O12S2/c1-2-39-10-14(26(46)16-7-18(42)19(43)8-17(16)39)11-41(5-3-4-6-41)12-15-13-54-30-24(29(48)40(30)25(15)32(51)52)36-28(47)23(22-27(34)55-33(35)37-22)38-53-20(31(49)50)9-21(44)45/h7-8,10,20,24,30H,2-6,9,11-13H2,1H3,(H7-,35,36,37,38,42,43,44,45,46,47,49,50,51,52)/t20-,24+,30+/m0/s1. The van der Waals surface area contributed by atoms with Crippen molar-refractivity contribution in [1.82, 2.24) is 19.8 Å². The fourth-order valence-electron chi connectivity index (χ4n) is 7.10. The van der Waals surface area contributed by atoms with Gasteiger partial charge in [0.05, 0.1) is 47.6 Å². The highest BCUT2D eigenvalue weighted by Crippen LogP contribution is 2.42. The molecule has 5 heterocycles. The van der Waals surface area contributed by atoms with E-state index < -0.39 is 65.1 Å². The molecule has 292 valence electrons. The number of carboxylic acids is 3. The van der Waals surface area contributed by atoms with E-state index in [0.29, 0.717) is 40.8 Å². The van der Waals surface area contributed by atoms with Crippen LogP contribution >= 0.6 is 34.7 Å². The first-order chi connectivity index (χ1) is 26.0. The lowest BCUT2D eigenvalue weighted by atomic mass is 10.0. The molecule has 0 saturated carbocycles. The highest BCUT2D eigenvalue weighted by molar-refractivity contribution is 8.00. The molecule has 0 bridgehead atoms. The molecular weight excluding hydrogens is 786 g/mol. The number of pyridine rings is 1. The molecule has 2 aromatic heterocycles. The predicted molar refractivity (Wildman–Crippen MR) is 195 cm³/mol. The number of nitrogen functional groups attached to an aromatic ring is 1. The number of aromatic hydroxyl groups is 2. The number of β-lactam (4-membered cyclic amide) rings is 1. The van der Waals surface area contributed by atoms with E-state index in [1.807, 2.05) is 6.92 Å². The van der Waals surface area contributed by atoms with E-state index in [9.17, 15) is 49.2 Å². The summed E-state index contributed by atoms with van der Waals surface area (Å²) in [4.78, 5) is 86.1. The van der Waals surface area contributed by atoms with Gasteiger partial charge in [-0.25, -0.2) is 9.78 Å². The summed E-state index contributed by atoms with van der Waals surface area (Å²) >= 11 is 8.12. The number of aryl methyl sites for hydroxylation is 1. The average Bonchev–Trinajstić information content (AvgIpc) is 3.72. The lowest BCUT2D eigenvalue weighted by Crippen LogP contribution is -2.72. The maximum Gasteiger partial charge on any atom is 0.348 e. The number of phenolic OH excluding ortho intramolecular Hbond substituents is 2. The molecule has 2 fully saturated rings. The molecule has 1 aromatic carbocycles. The quantitative estimate of drug-likeness (QED) is 0.0410. The molecule has 3 aromatic rings. The number of thiazole rings is 1. The number of nitrogens with two attached hydrogens (primary N) is 1. The number of likely N-dealkylation sites (tertiary alicyclic amines) is 1. The Morgan fingerprint density at radius 1 is 1.16 bits per heavy atom. The summed E-state index contributed by atoms with van der Waals surface area (Å²) in [5.41, 5.74) is 5.27. The van der Waals surface area contributed by atoms with Crippen LogP contribution in [0.3, 0.4) is 0 Å². The van der Waals surface area contributed by atoms with Gasteiger partial charge in [-0.3, -0.25) is 24.1 Å². The molecule has 55 heavy (non-hydrogen) atoms. The van der Waals surface area contributed by atoms with Crippen molar-refractivity contribution in [2.45, 2.75) is 56.8 Å². The SMILES string of the molecule is CCn1cc(C[N+]2(CC3=C(C(=O)[O-])N4C(=O)[C@@H](NC(=O)C(=NO[C@@H](CC(=O)O)C(=O)O)c5nc(N)sc5Cl)[C@H]4SC3)CCCC2)c(=O)c2cc(O)c(O)cc21. The largest absolute Gasteiger partial charge is 0.543 e. The minimum Gasteiger partial charge on any atom is -0.543 e. The third-order valence-electron chi connectivity index (χ3n) is 9.61. The third-order valence-corrected chi connectivity index (χ3v) is 12.0. The van der Waals surface area contributed by atoms with Gasteiger partial charge < -0.3 is 55.3 Å². The van der Waals surface area contributed by atoms with Crippen molar-refractivity contribution in [2.75, 3.05) is 31.1 Å². The summed E-state index contributed by atoms with van der Waals surface area (Å²) in [6.45, 7) is 3.94. The number of thioether (sulfide) groups is 1. The molecule has 0 aliphatic carbocycles. The molecule has 6 rings (SSSR count). The zero-order valence-corrected chi connectivity index (χ0v) is 31.3. The molecule has 22 heteroatoms. The van der Waals surface area contributed by atoms with E-state index in [2.05, 4.69) is 15.5 Å². The number of anilines is 1. The van der Waals surface area contributed by atoms with Gasteiger partial charge in [0.25, 0.3) is 11.8 Å². The number of hydrogen-bond donors (Lipinski definition) is 6. The monoisotopic (exact) mass is 819 g/mol. The summed E-state index contributed by atoms with van der Waals surface area (Å²) in [7, 11) is 0. The third kappa shape index (κ3) is 7.64. The lowest BCUT2D eigenvalue weighted by molar-refractivity contribution is -0.925. The van der Waals surface area contributed by atoms with Gasteiger partial charge in [0, 0.05) is 43.0 Å². The Bertz CT molecular complexity index is 2250. The molecule has 19 nitrogen and oxygen atoms in total. The van der Waals surface area contributed by atoms with Crippen LogP contribution in [0.4, 0.5) is 5.13 Å². The van der Waals surface area contributed by atoms with E-state index in [1.165, 1.54) is 23.9 Å². The van der Waals surface area contributed by atoms with Crippen LogP contribution in [0.1, 0.15) is 37.4 Å². The summed E-state index contributed by atoms with van der Waals surface area (Å²) in [6.07, 6.45) is 0.296. The van der Waals surface area contributed by atoms with Crippen LogP contribution < -0.4 is 21.6 Å². The number of halogens is 1. The first kappa shape index (κ1) is 39.3. The van der Waals surface area contributed by atoms with Gasteiger partial charge in [0.15, 0.2) is 27.8 Å². The van der Waals surface area contributed by atoms with Crippen LogP contribution in [0.25, 0.3) is 10.9 Å². The number of carbonyl (C=O) groups excluding carboxylic acids is 3. The van der Waals surface area contributed by atoms with E-state index in [0.717, 1.165) is 29.1 Å². The number of benzene rings is 1. The zero-order chi connectivity index (χ0) is 39.9. The fourth-order valence-corrected chi connectivity index (χ4v) is 9.36. The highest BCUT2D eigenvalue weighted by Gasteiger charge is 2.54. The summed E-state index contributed by atoms with van der Waals surface area (Å²) in [5, 5.41) is 56.6. The number of phenols is 2. The number of nitrogens with one attached hydrogen (secondary N) is 1. The predicted octanol–water partition coefficient (Wildman–Crippen LogP) is -0.0120. The summed E-state index contributed by atoms with van der Waals surface area (Å²) in [5.74, 6) is -7.40. The lowest BCUT2D eigenvalue weighted by Gasteiger charge is -2.51. The molecule has 2 saturated heterocycles. The number of quaternary nitrogens is 1. The van der Waals surface area contributed by atoms with E-state index in [1.54, 1.807) is 10.8 Å². The Balaban J connectivity index is 1.26. The smallest absolute Gasteiger partial charge is 0.348 e. The van der Waals surface area contributed by atoms with Crippen molar-refractivity contribution in [2.24, 2.45) is 5.16 Å². The van der Waals surface area contributed by atoms with Gasteiger partial charge in [-0.05, 0) is 13.0 Å². The van der Waals surface area contributed by atoms with Crippen molar-refractivity contribution >= 4 is 86.2 Å². The number of aromatic nitrogens is 2. The van der Waals surface area contributed by atoms with Crippen LogP contribution in [-0.4, -0.2) is 118 Å². The maximum absolute atomic E-state index is 13.7. The van der Waals surface area contributed by atoms with Crippen LogP contribution in [-0.2, 0) is 41.9 Å². The Morgan fingerprint density at radius 3 is 2.45 bits per heavy atom. The second-order valence-corrected chi connectivity index (χ2v) is 15.9. The molecule has 0 radical (unpaired) electrons. The number of rotatable bonds is 14. The topological polar surface area (TPSA) is 287 Å². The van der Waals surface area contributed by atoms with Gasteiger partial charge in [-0.2, -0.15) is 0 Å². The normalized spacial score (nSPS) is 19.9. The molecule has 3 atom stereocenters. The van der Waals surface area contributed by atoms with Crippen molar-refractivity contribution in [3.05, 3.63) is 55.4 Å². The first-order valence-corrected chi connectivity index (χ1v) is 19.0. The Labute approximate surface area is 323 Å². The van der Waals surface area contributed by atoms with Crippen LogP contribution in [0.5, 0.6) is 11.5 Å². The molecule has 7 N–H and O–H groups in total. The van der Waals surface area contributed by atoms with E-state index in [-0.39, 0.29) is 56.3 Å². The number of fused-ring (bicyclic) bond motifs is 2. The number of aliphatic carboxylic acids is 3. The Morgan fingerprint density at radius 2 is 1.85 bits per heavy atom. The fraction of sp³-hybridized carbons (Fsp3) is 0.394. The molecular formula is C33H34ClN7O12S2. The van der Waals surface area contributed by atoms with Crippen molar-refractivity contribution < 1.29 is 58.8 Å². The molecule has 0 unspecified atom stereocenters. The Kier molecular flexibility index (Phi) is 11.0. The van der Waals surface area contributed by atoms with E-state index in [4.69, 9.17) is 27.3 Å². The average molecular weight is 820 g/mol. The number of nitrogens with zero attached hydrogens (tertiary/aromatic N) is 5. The molecule has 3 aliphatic heterocycles. The van der Waals surface area contributed by atoms with Gasteiger partial charge in [0.1, 0.15) is 34.5 Å². The number of carbonyl (C=O) groups is 5. The first-order valence-electron chi connectivity index (χ1n) is 16.8. The zero-order valence-electron chi connectivity index (χ0n) is 28.9. The van der Waals surface area contributed by atoms with Gasteiger partial charge in [-0.1, -0.05) is 28.1 Å². The van der Waals surface area contributed by atoms with E-state index >= 15 is 0 Å². The minimum atomic E-state index is -2.00. The van der Waals surface area contributed by atoms with Gasteiger partial charge in [-0.15, -0.1) is 11.8 Å². The van der Waals surface area contributed by atoms with Crippen LogP contribution in [0, 0.1) is 0 Å². The summed E-state index contributed by atoms with van der Waals surface area (Å²) in [6, 6.07) is 1.26.